The lowest BCUT2D eigenvalue weighted by molar-refractivity contribution is 0.317. The van der Waals surface area contributed by atoms with Gasteiger partial charge in [0.05, 0.1) is 6.61 Å². The van der Waals surface area contributed by atoms with Crippen molar-refractivity contribution in [1.82, 2.24) is 0 Å². The van der Waals surface area contributed by atoms with E-state index in [-0.39, 0.29) is 0 Å². The molecular formula is C12H17ClO. The van der Waals surface area contributed by atoms with E-state index < -0.39 is 0 Å². The van der Waals surface area contributed by atoms with Gasteiger partial charge >= 0.3 is 0 Å². The zero-order valence-electron chi connectivity index (χ0n) is 8.63. The fraction of sp³-hybridized carbons (Fsp3) is 0.500. The molecule has 0 aliphatic rings. The molecule has 0 spiro atoms. The lowest BCUT2D eigenvalue weighted by atomic mass is 10.1. The first kappa shape index (κ1) is 11.4. The summed E-state index contributed by atoms with van der Waals surface area (Å²) in [6.45, 7) is 2.90. The summed E-state index contributed by atoms with van der Waals surface area (Å²) in [4.78, 5) is 0. The molecule has 0 aromatic heterocycles. The molecule has 0 heterocycles. The van der Waals surface area contributed by atoms with Crippen molar-refractivity contribution >= 4 is 11.6 Å². The summed E-state index contributed by atoms with van der Waals surface area (Å²) in [7, 11) is 0. The fourth-order valence-corrected chi connectivity index (χ4v) is 1.42. The maximum atomic E-state index is 5.64. The third kappa shape index (κ3) is 4.01. The van der Waals surface area contributed by atoms with E-state index in [1.165, 1.54) is 5.56 Å². The summed E-state index contributed by atoms with van der Waals surface area (Å²) < 4.78 is 5.54. The van der Waals surface area contributed by atoms with Crippen LogP contribution in [-0.4, -0.2) is 12.5 Å². The van der Waals surface area contributed by atoms with E-state index in [1.807, 2.05) is 12.1 Å². The highest BCUT2D eigenvalue weighted by Crippen LogP contribution is 2.14. The van der Waals surface area contributed by atoms with Gasteiger partial charge < -0.3 is 4.74 Å². The summed E-state index contributed by atoms with van der Waals surface area (Å²) in [5.41, 5.74) is 1.30. The highest BCUT2D eigenvalue weighted by atomic mass is 35.5. The van der Waals surface area contributed by atoms with Crippen molar-refractivity contribution in [3.63, 3.8) is 0 Å². The van der Waals surface area contributed by atoms with E-state index in [0.717, 1.165) is 37.5 Å². The van der Waals surface area contributed by atoms with Crippen LogP contribution in [0.1, 0.15) is 25.3 Å². The van der Waals surface area contributed by atoms with Crippen molar-refractivity contribution in [1.29, 1.82) is 0 Å². The van der Waals surface area contributed by atoms with Crippen molar-refractivity contribution in [2.75, 3.05) is 12.5 Å². The standard InChI is InChI=1S/C12H17ClO/c1-2-9-14-12-7-3-5-11(10-12)6-4-8-13/h3,5,7,10H,2,4,6,8-9H2,1H3. The largest absolute Gasteiger partial charge is 0.494 e. The maximum absolute atomic E-state index is 5.64. The fourth-order valence-electron chi connectivity index (χ4n) is 1.28. The molecule has 1 aromatic carbocycles. The van der Waals surface area contributed by atoms with Gasteiger partial charge in [-0.1, -0.05) is 19.1 Å². The van der Waals surface area contributed by atoms with Gasteiger partial charge in [-0.2, -0.15) is 0 Å². The first-order chi connectivity index (χ1) is 6.86. The third-order valence-electron chi connectivity index (χ3n) is 1.97. The Morgan fingerprint density at radius 1 is 1.36 bits per heavy atom. The molecule has 2 heteroatoms. The summed E-state index contributed by atoms with van der Waals surface area (Å²) in [6, 6.07) is 8.25. The molecule has 14 heavy (non-hydrogen) atoms. The number of alkyl halides is 1. The molecule has 0 aliphatic heterocycles. The molecule has 0 radical (unpaired) electrons. The molecular weight excluding hydrogens is 196 g/mol. The van der Waals surface area contributed by atoms with Crippen LogP contribution in [0.2, 0.25) is 0 Å². The van der Waals surface area contributed by atoms with Gasteiger partial charge in [-0.3, -0.25) is 0 Å². The Morgan fingerprint density at radius 2 is 2.21 bits per heavy atom. The first-order valence-corrected chi connectivity index (χ1v) is 5.68. The molecule has 0 N–H and O–H groups in total. The van der Waals surface area contributed by atoms with Crippen LogP contribution in [0.3, 0.4) is 0 Å². The lowest BCUT2D eigenvalue weighted by Crippen LogP contribution is -1.95. The minimum atomic E-state index is 0.722. The van der Waals surface area contributed by atoms with Gasteiger partial charge in [0.1, 0.15) is 5.75 Å². The molecule has 0 atom stereocenters. The van der Waals surface area contributed by atoms with E-state index in [2.05, 4.69) is 19.1 Å². The van der Waals surface area contributed by atoms with Gasteiger partial charge in [-0.05, 0) is 37.0 Å². The van der Waals surface area contributed by atoms with Crippen molar-refractivity contribution < 1.29 is 4.74 Å². The second kappa shape index (κ2) is 6.72. The summed E-state index contributed by atoms with van der Waals surface area (Å²) >= 11 is 5.64. The third-order valence-corrected chi connectivity index (χ3v) is 2.24. The molecule has 0 saturated carbocycles. The second-order valence-corrected chi connectivity index (χ2v) is 3.67. The Labute approximate surface area is 91.0 Å². The van der Waals surface area contributed by atoms with E-state index in [9.17, 15) is 0 Å². The van der Waals surface area contributed by atoms with Crippen LogP contribution in [-0.2, 0) is 6.42 Å². The summed E-state index contributed by atoms with van der Waals surface area (Å²) in [5, 5.41) is 0. The number of aryl methyl sites for hydroxylation is 1. The average molecular weight is 213 g/mol. The number of halogens is 1. The Hall–Kier alpha value is -0.690. The van der Waals surface area contributed by atoms with E-state index in [1.54, 1.807) is 0 Å². The molecule has 1 rings (SSSR count). The van der Waals surface area contributed by atoms with E-state index in [0.29, 0.717) is 0 Å². The molecule has 0 bridgehead atoms. The quantitative estimate of drug-likeness (QED) is 0.655. The van der Waals surface area contributed by atoms with Crippen molar-refractivity contribution in [2.45, 2.75) is 26.2 Å². The van der Waals surface area contributed by atoms with Gasteiger partial charge in [0.25, 0.3) is 0 Å². The molecule has 78 valence electrons. The van der Waals surface area contributed by atoms with Crippen LogP contribution >= 0.6 is 11.6 Å². The maximum Gasteiger partial charge on any atom is 0.119 e. The van der Waals surface area contributed by atoms with Crippen LogP contribution < -0.4 is 4.74 Å². The van der Waals surface area contributed by atoms with Crippen LogP contribution in [0.5, 0.6) is 5.75 Å². The monoisotopic (exact) mass is 212 g/mol. The van der Waals surface area contributed by atoms with Gasteiger partial charge in [-0.15, -0.1) is 11.6 Å². The molecule has 0 unspecified atom stereocenters. The van der Waals surface area contributed by atoms with E-state index >= 15 is 0 Å². The Morgan fingerprint density at radius 3 is 2.93 bits per heavy atom. The second-order valence-electron chi connectivity index (χ2n) is 3.29. The summed E-state index contributed by atoms with van der Waals surface area (Å²) in [5.74, 6) is 1.69. The summed E-state index contributed by atoms with van der Waals surface area (Å²) in [6.07, 6.45) is 3.11. The first-order valence-electron chi connectivity index (χ1n) is 5.14. The minimum absolute atomic E-state index is 0.722. The van der Waals surface area contributed by atoms with Crippen molar-refractivity contribution in [2.24, 2.45) is 0 Å². The van der Waals surface area contributed by atoms with Crippen molar-refractivity contribution in [3.8, 4) is 5.75 Å². The zero-order valence-corrected chi connectivity index (χ0v) is 9.39. The van der Waals surface area contributed by atoms with Gasteiger partial charge in [0.15, 0.2) is 0 Å². The molecule has 1 aromatic rings. The number of benzene rings is 1. The van der Waals surface area contributed by atoms with Crippen LogP contribution in [0.15, 0.2) is 24.3 Å². The van der Waals surface area contributed by atoms with Crippen LogP contribution in [0.4, 0.5) is 0 Å². The zero-order chi connectivity index (χ0) is 10.2. The predicted octanol–water partition coefficient (Wildman–Crippen LogP) is 3.65. The predicted molar refractivity (Wildman–Crippen MR) is 61.3 cm³/mol. The molecule has 0 fully saturated rings. The topological polar surface area (TPSA) is 9.23 Å². The lowest BCUT2D eigenvalue weighted by Gasteiger charge is -2.06. The normalized spacial score (nSPS) is 10.1. The molecule has 0 amide bonds. The van der Waals surface area contributed by atoms with Crippen molar-refractivity contribution in [3.05, 3.63) is 29.8 Å². The number of hydrogen-bond donors (Lipinski definition) is 0. The highest BCUT2D eigenvalue weighted by molar-refractivity contribution is 6.17. The smallest absolute Gasteiger partial charge is 0.119 e. The SMILES string of the molecule is CCCOc1cccc(CCCCl)c1. The number of rotatable bonds is 6. The Kier molecular flexibility index (Phi) is 5.46. The molecule has 0 saturated heterocycles. The van der Waals surface area contributed by atoms with E-state index in [4.69, 9.17) is 16.3 Å². The number of hydrogen-bond acceptors (Lipinski definition) is 1. The van der Waals surface area contributed by atoms with Gasteiger partial charge in [0.2, 0.25) is 0 Å². The average Bonchev–Trinajstić information content (AvgIpc) is 2.24. The Balaban J connectivity index is 2.50. The minimum Gasteiger partial charge on any atom is -0.494 e. The van der Waals surface area contributed by atoms with Gasteiger partial charge in [-0.25, -0.2) is 0 Å². The molecule has 0 aliphatic carbocycles. The van der Waals surface area contributed by atoms with Gasteiger partial charge in [0, 0.05) is 5.88 Å². The van der Waals surface area contributed by atoms with Crippen LogP contribution in [0, 0.1) is 0 Å². The molecule has 1 nitrogen and oxygen atoms in total. The van der Waals surface area contributed by atoms with Crippen LogP contribution in [0.25, 0.3) is 0 Å². The Bertz CT molecular complexity index is 237. The number of ether oxygens (including phenoxy) is 1. The highest BCUT2D eigenvalue weighted by Gasteiger charge is 1.96.